The lowest BCUT2D eigenvalue weighted by molar-refractivity contribution is 0.0377. The molecule has 124 valence electrons. The fourth-order valence-corrected chi connectivity index (χ4v) is 2.26. The Morgan fingerprint density at radius 2 is 2.23 bits per heavy atom. The van der Waals surface area contributed by atoms with Gasteiger partial charge in [-0.05, 0) is 24.5 Å². The van der Waals surface area contributed by atoms with Gasteiger partial charge in [0.1, 0.15) is 0 Å². The summed E-state index contributed by atoms with van der Waals surface area (Å²) in [6.45, 7) is 6.37. The second kappa shape index (κ2) is 11.6. The summed E-state index contributed by atoms with van der Waals surface area (Å²) in [5.41, 5.74) is 7.05. The second-order valence-electron chi connectivity index (χ2n) is 5.11. The third kappa shape index (κ3) is 7.90. The number of guanidine groups is 1. The molecule has 2 rings (SSSR count). The van der Waals surface area contributed by atoms with Crippen molar-refractivity contribution in [3.63, 3.8) is 0 Å². The van der Waals surface area contributed by atoms with Crippen LogP contribution in [0.1, 0.15) is 12.0 Å². The molecule has 3 N–H and O–H groups in total. The zero-order valence-corrected chi connectivity index (χ0v) is 15.2. The van der Waals surface area contributed by atoms with E-state index in [1.54, 1.807) is 6.20 Å². The van der Waals surface area contributed by atoms with E-state index in [0.717, 1.165) is 58.8 Å². The van der Waals surface area contributed by atoms with Gasteiger partial charge in [0.15, 0.2) is 5.96 Å². The minimum Gasteiger partial charge on any atom is -0.379 e. The van der Waals surface area contributed by atoms with Crippen molar-refractivity contribution >= 4 is 29.9 Å². The van der Waals surface area contributed by atoms with Crippen molar-refractivity contribution in [1.29, 1.82) is 0 Å². The van der Waals surface area contributed by atoms with E-state index in [-0.39, 0.29) is 24.0 Å². The molecule has 0 radical (unpaired) electrons. The average molecular weight is 419 g/mol. The largest absolute Gasteiger partial charge is 0.379 e. The highest BCUT2D eigenvalue weighted by Gasteiger charge is 2.08. The van der Waals surface area contributed by atoms with Gasteiger partial charge >= 0.3 is 0 Å². The summed E-state index contributed by atoms with van der Waals surface area (Å²) in [4.78, 5) is 10.8. The Labute approximate surface area is 149 Å². The molecule has 7 heteroatoms. The number of aliphatic imine (C=N–C) groups is 1. The van der Waals surface area contributed by atoms with Crippen LogP contribution in [-0.2, 0) is 11.2 Å². The lowest BCUT2D eigenvalue weighted by Gasteiger charge is -2.26. The maximum absolute atomic E-state index is 5.85. The molecule has 0 bridgehead atoms. The van der Waals surface area contributed by atoms with Gasteiger partial charge in [0.25, 0.3) is 0 Å². The zero-order valence-electron chi connectivity index (χ0n) is 12.9. The molecule has 1 aliphatic heterocycles. The molecule has 0 aromatic carbocycles. The summed E-state index contributed by atoms with van der Waals surface area (Å²) in [6.07, 6.45) is 5.58. The Bertz CT molecular complexity index is 423. The maximum atomic E-state index is 5.85. The van der Waals surface area contributed by atoms with E-state index in [2.05, 4.69) is 26.3 Å². The number of nitrogens with two attached hydrogens (primary N) is 1. The fourth-order valence-electron chi connectivity index (χ4n) is 2.26. The predicted octanol–water partition coefficient (Wildman–Crippen LogP) is 0.869. The number of nitrogens with one attached hydrogen (secondary N) is 1. The van der Waals surface area contributed by atoms with Crippen LogP contribution in [0.3, 0.4) is 0 Å². The Morgan fingerprint density at radius 1 is 1.41 bits per heavy atom. The molecule has 0 atom stereocenters. The van der Waals surface area contributed by atoms with Gasteiger partial charge in [0, 0.05) is 45.1 Å². The topological polar surface area (TPSA) is 75.8 Å². The normalized spacial score (nSPS) is 16.1. The first-order valence-corrected chi connectivity index (χ1v) is 7.57. The van der Waals surface area contributed by atoms with E-state index in [9.17, 15) is 0 Å². The van der Waals surface area contributed by atoms with E-state index < -0.39 is 0 Å². The zero-order chi connectivity index (χ0) is 14.8. The van der Waals surface area contributed by atoms with E-state index >= 15 is 0 Å². The smallest absolute Gasteiger partial charge is 0.188 e. The van der Waals surface area contributed by atoms with Gasteiger partial charge in [-0.3, -0.25) is 14.9 Å². The van der Waals surface area contributed by atoms with Crippen LogP contribution in [0, 0.1) is 0 Å². The number of morpholine rings is 1. The van der Waals surface area contributed by atoms with Gasteiger partial charge in [0.2, 0.25) is 0 Å². The summed E-state index contributed by atoms with van der Waals surface area (Å²) in [7, 11) is 0. The van der Waals surface area contributed by atoms with Crippen LogP contribution in [0.15, 0.2) is 29.5 Å². The molecule has 1 aliphatic rings. The summed E-state index contributed by atoms with van der Waals surface area (Å²) < 4.78 is 5.32. The number of rotatable bonds is 7. The molecule has 2 heterocycles. The van der Waals surface area contributed by atoms with Crippen LogP contribution in [0.2, 0.25) is 0 Å². The van der Waals surface area contributed by atoms with Gasteiger partial charge in [-0.2, -0.15) is 0 Å². The molecule has 0 aliphatic carbocycles. The standard InChI is InChI=1S/C15H25N5O.HI/c16-15(19-7-4-14-3-1-5-17-13-14)18-6-2-8-20-9-11-21-12-10-20;/h1,3,5,13H,2,4,6-12H2,(H3,16,18,19);1H. The van der Waals surface area contributed by atoms with E-state index in [4.69, 9.17) is 10.5 Å². The number of ether oxygens (including phenoxy) is 1. The lowest BCUT2D eigenvalue weighted by Crippen LogP contribution is -2.37. The Balaban J connectivity index is 0.00000242. The van der Waals surface area contributed by atoms with Gasteiger partial charge < -0.3 is 15.8 Å². The molecule has 1 fully saturated rings. The van der Waals surface area contributed by atoms with Gasteiger partial charge in [0.05, 0.1) is 13.2 Å². The Hall–Kier alpha value is -0.930. The third-order valence-corrected chi connectivity index (χ3v) is 3.46. The predicted molar refractivity (Wildman–Crippen MR) is 99.7 cm³/mol. The highest BCUT2D eigenvalue weighted by atomic mass is 127. The van der Waals surface area contributed by atoms with Crippen LogP contribution < -0.4 is 11.1 Å². The highest BCUT2D eigenvalue weighted by Crippen LogP contribution is 1.98. The monoisotopic (exact) mass is 419 g/mol. The van der Waals surface area contributed by atoms with Crippen LogP contribution in [0.5, 0.6) is 0 Å². The molecule has 0 unspecified atom stereocenters. The molecule has 1 aromatic rings. The number of hydrogen-bond acceptors (Lipinski definition) is 4. The number of aromatic nitrogens is 1. The van der Waals surface area contributed by atoms with Crippen LogP contribution in [-0.4, -0.2) is 61.8 Å². The third-order valence-electron chi connectivity index (χ3n) is 3.46. The van der Waals surface area contributed by atoms with Crippen LogP contribution in [0.4, 0.5) is 0 Å². The number of halogens is 1. The van der Waals surface area contributed by atoms with Crippen molar-refractivity contribution < 1.29 is 4.74 Å². The first kappa shape index (κ1) is 19.1. The molecule has 6 nitrogen and oxygen atoms in total. The van der Waals surface area contributed by atoms with Crippen molar-refractivity contribution in [1.82, 2.24) is 15.2 Å². The second-order valence-corrected chi connectivity index (χ2v) is 5.11. The molecular weight excluding hydrogens is 393 g/mol. The molecule has 1 saturated heterocycles. The average Bonchev–Trinajstić information content (AvgIpc) is 2.54. The molecule has 0 amide bonds. The highest BCUT2D eigenvalue weighted by molar-refractivity contribution is 14.0. The molecule has 22 heavy (non-hydrogen) atoms. The van der Waals surface area contributed by atoms with E-state index in [0.29, 0.717) is 5.96 Å². The number of nitrogens with zero attached hydrogens (tertiary/aromatic N) is 3. The lowest BCUT2D eigenvalue weighted by atomic mass is 10.2. The van der Waals surface area contributed by atoms with Crippen molar-refractivity contribution in [2.24, 2.45) is 10.7 Å². The minimum atomic E-state index is 0. The summed E-state index contributed by atoms with van der Waals surface area (Å²) >= 11 is 0. The van der Waals surface area contributed by atoms with Crippen LogP contribution in [0.25, 0.3) is 0 Å². The Morgan fingerprint density at radius 3 is 2.95 bits per heavy atom. The van der Waals surface area contributed by atoms with Crippen molar-refractivity contribution in [3.05, 3.63) is 30.1 Å². The van der Waals surface area contributed by atoms with Crippen LogP contribution >= 0.6 is 24.0 Å². The fraction of sp³-hybridized carbons (Fsp3) is 0.600. The summed E-state index contributed by atoms with van der Waals surface area (Å²) in [5, 5.41) is 3.14. The van der Waals surface area contributed by atoms with Crippen molar-refractivity contribution in [2.45, 2.75) is 12.8 Å². The molecule has 0 spiro atoms. The van der Waals surface area contributed by atoms with E-state index in [1.165, 1.54) is 5.56 Å². The molecule has 1 aromatic heterocycles. The Kier molecular flexibility index (Phi) is 10.1. The maximum Gasteiger partial charge on any atom is 0.188 e. The van der Waals surface area contributed by atoms with Crippen molar-refractivity contribution in [2.75, 3.05) is 45.9 Å². The minimum absolute atomic E-state index is 0. The first-order chi connectivity index (χ1) is 10.3. The number of hydrogen-bond donors (Lipinski definition) is 2. The first-order valence-electron chi connectivity index (χ1n) is 7.57. The SMILES string of the molecule is I.NC(=NCCCN1CCOCC1)NCCc1cccnc1. The quantitative estimate of drug-likeness (QED) is 0.297. The van der Waals surface area contributed by atoms with Gasteiger partial charge in [-0.25, -0.2) is 0 Å². The van der Waals surface area contributed by atoms with E-state index in [1.807, 2.05) is 12.3 Å². The van der Waals surface area contributed by atoms with Gasteiger partial charge in [-0.15, -0.1) is 24.0 Å². The number of pyridine rings is 1. The summed E-state index contributed by atoms with van der Waals surface area (Å²) in [6, 6.07) is 4.00. The summed E-state index contributed by atoms with van der Waals surface area (Å²) in [5.74, 6) is 0.529. The van der Waals surface area contributed by atoms with Gasteiger partial charge in [-0.1, -0.05) is 6.07 Å². The molecule has 0 saturated carbocycles. The van der Waals surface area contributed by atoms with Crippen molar-refractivity contribution in [3.8, 4) is 0 Å². The molecular formula is C15H26IN5O.